The lowest BCUT2D eigenvalue weighted by Gasteiger charge is -2.45. The van der Waals surface area contributed by atoms with E-state index < -0.39 is 20.9 Å². The van der Waals surface area contributed by atoms with Gasteiger partial charge in [-0.25, -0.2) is 17.5 Å². The maximum atomic E-state index is 13.5. The molecule has 2 aromatic carbocycles. The second-order valence-electron chi connectivity index (χ2n) is 11.0. The van der Waals surface area contributed by atoms with Crippen LogP contribution in [0.5, 0.6) is 0 Å². The molecular formula is C30H33FN2O3S. The van der Waals surface area contributed by atoms with Crippen molar-refractivity contribution in [3.05, 3.63) is 82.9 Å². The van der Waals surface area contributed by atoms with Crippen LogP contribution in [0.3, 0.4) is 0 Å². The number of nitrogens with zero attached hydrogens (tertiary/aromatic N) is 2. The second-order valence-corrected chi connectivity index (χ2v) is 13.2. The number of fused-ring (bicyclic) bond motifs is 2. The van der Waals surface area contributed by atoms with Crippen molar-refractivity contribution in [1.82, 2.24) is 9.78 Å². The van der Waals surface area contributed by atoms with Crippen LogP contribution in [0.25, 0.3) is 11.8 Å². The van der Waals surface area contributed by atoms with Crippen LogP contribution >= 0.6 is 0 Å². The first-order valence-corrected chi connectivity index (χ1v) is 14.9. The van der Waals surface area contributed by atoms with Crippen molar-refractivity contribution < 1.29 is 17.9 Å². The molecule has 6 rings (SSSR count). The van der Waals surface area contributed by atoms with E-state index in [4.69, 9.17) is 0 Å². The molecule has 0 aliphatic heterocycles. The normalized spacial score (nSPS) is 25.0. The molecule has 2 saturated carbocycles. The number of hydrogen-bond donors (Lipinski definition) is 1. The lowest BCUT2D eigenvalue weighted by atomic mass is 9.62. The number of aryl methyl sites for hydroxylation is 1. The maximum absolute atomic E-state index is 13.5. The van der Waals surface area contributed by atoms with Gasteiger partial charge in [-0.05, 0) is 98.9 Å². The molecule has 2 atom stereocenters. The summed E-state index contributed by atoms with van der Waals surface area (Å²) in [6, 6.07) is 13.7. The third-order valence-electron chi connectivity index (χ3n) is 8.80. The summed E-state index contributed by atoms with van der Waals surface area (Å²) in [5, 5.41) is 16.6. The van der Waals surface area contributed by atoms with Crippen LogP contribution in [0.4, 0.5) is 4.39 Å². The zero-order chi connectivity index (χ0) is 25.8. The highest BCUT2D eigenvalue weighted by molar-refractivity contribution is 7.92. The molecule has 0 bridgehead atoms. The van der Waals surface area contributed by atoms with Crippen LogP contribution in [0, 0.1) is 11.2 Å². The standard InChI is InChI=1S/C30H33FN2O3S/c1-2-15-29-19-22-20-32-33(25-9-7-24(31)8-10-25)27(22)18-23(29)14-17-30(29,34)16-13-21-5-3-4-6-28(21)37(35,36)26-11-12-26/h3-10,18,20,26,34H,2,11-17,19H2,1H3/t29?,30-/m0/s1. The topological polar surface area (TPSA) is 72.2 Å². The fraction of sp³-hybridized carbons (Fsp3) is 0.433. The van der Waals surface area contributed by atoms with Crippen LogP contribution in [0.15, 0.2) is 65.2 Å². The molecule has 1 N–H and O–H groups in total. The van der Waals surface area contributed by atoms with Gasteiger partial charge < -0.3 is 5.11 Å². The quantitative estimate of drug-likeness (QED) is 0.406. The Bertz CT molecular complexity index is 1470. The number of rotatable bonds is 8. The predicted octanol–water partition coefficient (Wildman–Crippen LogP) is 5.83. The van der Waals surface area contributed by atoms with Crippen LogP contribution in [-0.2, 0) is 22.7 Å². The van der Waals surface area contributed by atoms with Crippen molar-refractivity contribution >= 4 is 15.9 Å². The summed E-state index contributed by atoms with van der Waals surface area (Å²) in [5.74, 6) is -0.280. The molecule has 1 unspecified atom stereocenters. The maximum Gasteiger partial charge on any atom is 0.181 e. The monoisotopic (exact) mass is 520 g/mol. The minimum absolute atomic E-state index is 0.251. The summed E-state index contributed by atoms with van der Waals surface area (Å²) < 4.78 is 41.5. The van der Waals surface area contributed by atoms with Crippen LogP contribution in [0.2, 0.25) is 0 Å². The minimum atomic E-state index is -3.30. The van der Waals surface area contributed by atoms with Crippen molar-refractivity contribution in [3.63, 3.8) is 0 Å². The van der Waals surface area contributed by atoms with E-state index in [1.54, 1.807) is 24.3 Å². The van der Waals surface area contributed by atoms with Gasteiger partial charge in [-0.2, -0.15) is 5.10 Å². The van der Waals surface area contributed by atoms with Gasteiger partial charge in [0, 0.05) is 5.41 Å². The molecule has 7 heteroatoms. The molecule has 2 fully saturated rings. The van der Waals surface area contributed by atoms with E-state index in [9.17, 15) is 17.9 Å². The van der Waals surface area contributed by atoms with E-state index in [-0.39, 0.29) is 11.1 Å². The molecular weight excluding hydrogens is 487 g/mol. The molecule has 1 heterocycles. The zero-order valence-electron chi connectivity index (χ0n) is 21.2. The fourth-order valence-corrected chi connectivity index (χ4v) is 8.65. The Hall–Kier alpha value is -2.77. The number of benzene rings is 2. The zero-order valence-corrected chi connectivity index (χ0v) is 22.0. The summed E-state index contributed by atoms with van der Waals surface area (Å²) in [5.41, 5.74) is 3.62. The van der Waals surface area contributed by atoms with Crippen LogP contribution in [0.1, 0.15) is 68.7 Å². The molecule has 37 heavy (non-hydrogen) atoms. The molecule has 0 amide bonds. The lowest BCUT2D eigenvalue weighted by Crippen LogP contribution is -2.47. The van der Waals surface area contributed by atoms with Crippen molar-refractivity contribution in [3.8, 4) is 5.69 Å². The van der Waals surface area contributed by atoms with Gasteiger partial charge in [0.25, 0.3) is 0 Å². The SMILES string of the molecule is CCCC12Cc3cnn(-c4ccc(F)cc4)c3C=C1CC[C@@]2(O)CCc1ccccc1S(=O)(=O)C1CC1. The minimum Gasteiger partial charge on any atom is -0.389 e. The van der Waals surface area contributed by atoms with E-state index in [0.717, 1.165) is 54.6 Å². The predicted molar refractivity (Wildman–Crippen MR) is 142 cm³/mol. The molecule has 5 nitrogen and oxygen atoms in total. The molecule has 1 aromatic heterocycles. The largest absolute Gasteiger partial charge is 0.389 e. The average Bonchev–Trinajstić information content (AvgIpc) is 3.63. The molecule has 3 aromatic rings. The number of aromatic nitrogens is 2. The number of halogens is 1. The third-order valence-corrected chi connectivity index (χ3v) is 11.2. The van der Waals surface area contributed by atoms with Gasteiger partial charge in [0.05, 0.1) is 33.3 Å². The lowest BCUT2D eigenvalue weighted by molar-refractivity contribution is -0.0594. The first-order chi connectivity index (χ1) is 17.8. The summed E-state index contributed by atoms with van der Waals surface area (Å²) in [6.07, 6.45) is 10.5. The van der Waals surface area contributed by atoms with E-state index in [1.807, 2.05) is 23.0 Å². The summed E-state index contributed by atoms with van der Waals surface area (Å²) in [6.45, 7) is 2.15. The van der Waals surface area contributed by atoms with Gasteiger partial charge in [0.15, 0.2) is 9.84 Å². The Morgan fingerprint density at radius 1 is 1.11 bits per heavy atom. The van der Waals surface area contributed by atoms with Gasteiger partial charge in [-0.15, -0.1) is 0 Å². The third kappa shape index (κ3) is 3.98. The van der Waals surface area contributed by atoms with Crippen LogP contribution < -0.4 is 0 Å². The first kappa shape index (κ1) is 24.6. The molecule has 0 saturated heterocycles. The van der Waals surface area contributed by atoms with E-state index in [0.29, 0.717) is 30.6 Å². The Balaban J connectivity index is 1.32. The van der Waals surface area contributed by atoms with Gasteiger partial charge in [0.1, 0.15) is 5.82 Å². The number of aliphatic hydroxyl groups is 1. The Morgan fingerprint density at radius 2 is 1.86 bits per heavy atom. The summed E-state index contributed by atoms with van der Waals surface area (Å²) in [7, 11) is -3.30. The van der Waals surface area contributed by atoms with Gasteiger partial charge in [-0.3, -0.25) is 0 Å². The van der Waals surface area contributed by atoms with Crippen molar-refractivity contribution in [2.24, 2.45) is 5.41 Å². The molecule has 194 valence electrons. The smallest absolute Gasteiger partial charge is 0.181 e. The molecule has 3 aliphatic carbocycles. The number of hydrogen-bond acceptors (Lipinski definition) is 4. The second kappa shape index (κ2) is 8.91. The van der Waals surface area contributed by atoms with Gasteiger partial charge in [0.2, 0.25) is 0 Å². The number of sulfone groups is 1. The molecule has 3 aliphatic rings. The van der Waals surface area contributed by atoms with Crippen molar-refractivity contribution in [2.75, 3.05) is 0 Å². The van der Waals surface area contributed by atoms with E-state index in [2.05, 4.69) is 18.1 Å². The van der Waals surface area contributed by atoms with Gasteiger partial charge >= 0.3 is 0 Å². The van der Waals surface area contributed by atoms with E-state index >= 15 is 0 Å². The Labute approximate surface area is 218 Å². The van der Waals surface area contributed by atoms with E-state index in [1.165, 1.54) is 17.7 Å². The van der Waals surface area contributed by atoms with Crippen molar-refractivity contribution in [1.29, 1.82) is 0 Å². The summed E-state index contributed by atoms with van der Waals surface area (Å²) >= 11 is 0. The van der Waals surface area contributed by atoms with Crippen LogP contribution in [-0.4, -0.2) is 34.2 Å². The summed E-state index contributed by atoms with van der Waals surface area (Å²) in [4.78, 5) is 0.436. The molecule has 0 radical (unpaired) electrons. The average molecular weight is 521 g/mol. The van der Waals surface area contributed by atoms with Crippen molar-refractivity contribution in [2.45, 2.75) is 80.5 Å². The Morgan fingerprint density at radius 3 is 2.59 bits per heavy atom. The molecule has 0 spiro atoms. The highest BCUT2D eigenvalue weighted by Crippen LogP contribution is 2.59. The highest BCUT2D eigenvalue weighted by atomic mass is 32.2. The fourth-order valence-electron chi connectivity index (χ4n) is 6.73. The van der Waals surface area contributed by atoms with Gasteiger partial charge in [-0.1, -0.05) is 37.1 Å². The highest BCUT2D eigenvalue weighted by Gasteiger charge is 2.57. The Kier molecular flexibility index (Phi) is 5.92. The first-order valence-electron chi connectivity index (χ1n) is 13.4.